The second-order valence-electron chi connectivity index (χ2n) is 26.6. The number of aliphatic hydroxyl groups is 1. The van der Waals surface area contributed by atoms with Gasteiger partial charge in [0.2, 0.25) is 0 Å². The smallest absolute Gasteiger partial charge is 0.462 e. The van der Waals surface area contributed by atoms with Crippen molar-refractivity contribution in [2.45, 2.75) is 381 Å². The van der Waals surface area contributed by atoms with E-state index >= 15 is 0 Å². The van der Waals surface area contributed by atoms with Gasteiger partial charge in [-0.15, -0.1) is 0 Å². The van der Waals surface area contributed by atoms with Gasteiger partial charge in [-0.2, -0.15) is 0 Å². The van der Waals surface area contributed by atoms with E-state index in [1.807, 2.05) is 0 Å². The zero-order valence-corrected chi connectivity index (χ0v) is 60.2. The van der Waals surface area contributed by atoms with Crippen LogP contribution in [0.4, 0.5) is 0 Å². The lowest BCUT2D eigenvalue weighted by Crippen LogP contribution is -2.30. The van der Waals surface area contributed by atoms with Crippen molar-refractivity contribution < 1.29 is 80.2 Å². The second-order valence-corrected chi connectivity index (χ2v) is 29.5. The zero-order chi connectivity index (χ0) is 66.5. The molecule has 17 nitrogen and oxygen atoms in total. The monoisotopic (exact) mass is 1320 g/mol. The first kappa shape index (κ1) is 88.1. The molecule has 0 aromatic rings. The Labute approximate surface area is 549 Å². The molecule has 0 aromatic carbocycles. The molecule has 90 heavy (non-hydrogen) atoms. The number of phosphoric ester groups is 2. The summed E-state index contributed by atoms with van der Waals surface area (Å²) >= 11 is 0. The maximum absolute atomic E-state index is 13.0. The summed E-state index contributed by atoms with van der Waals surface area (Å²) in [5.41, 5.74) is 0. The van der Waals surface area contributed by atoms with Crippen LogP contribution in [0.3, 0.4) is 0 Å². The first-order valence-electron chi connectivity index (χ1n) is 37.0. The van der Waals surface area contributed by atoms with E-state index in [4.69, 9.17) is 37.0 Å². The third-order valence-electron chi connectivity index (χ3n) is 16.5. The fourth-order valence-corrected chi connectivity index (χ4v) is 12.3. The highest BCUT2D eigenvalue weighted by atomic mass is 31.2. The minimum Gasteiger partial charge on any atom is -0.462 e. The van der Waals surface area contributed by atoms with Crippen molar-refractivity contribution in [1.29, 1.82) is 0 Å². The number of ether oxygens (including phenoxy) is 4. The quantitative estimate of drug-likeness (QED) is 0.0222. The van der Waals surface area contributed by atoms with Crippen LogP contribution in [0.1, 0.15) is 363 Å². The molecule has 0 fully saturated rings. The normalized spacial score (nSPS) is 14.1. The van der Waals surface area contributed by atoms with E-state index in [1.165, 1.54) is 180 Å². The number of carbonyl (C=O) groups excluding carboxylic acids is 4. The van der Waals surface area contributed by atoms with E-state index in [-0.39, 0.29) is 25.7 Å². The first-order valence-corrected chi connectivity index (χ1v) is 40.0. The van der Waals surface area contributed by atoms with Gasteiger partial charge in [0.1, 0.15) is 19.3 Å². The summed E-state index contributed by atoms with van der Waals surface area (Å²) in [5.74, 6) is -0.619. The first-order chi connectivity index (χ1) is 43.4. The number of carbonyl (C=O) groups is 4. The number of hydrogen-bond acceptors (Lipinski definition) is 15. The standard InChI is InChI=1S/C71H138O17P2/c1-7-9-11-13-15-17-18-19-22-25-29-36-42-48-54-69(74)82-60-66(87-70(75)55-49-43-37-30-26-23-20-21-24-28-33-39-45-51-63(3)4)61-85-89(77,78)83-57-65(72)58-84-90(79,80)86-62-67(59-81-68(73)53-47-41-35-27-16-14-12-10-8-2)88-71(76)56-50-44-38-32-31-34-40-46-52-64(5)6/h63-67,72H,7-62H2,1-6H3,(H,77,78)(H,79,80)/t65-,66-,67-/m1/s1. The van der Waals surface area contributed by atoms with Crippen molar-refractivity contribution in [3.8, 4) is 0 Å². The molecular formula is C71H138O17P2. The molecule has 0 aliphatic heterocycles. The summed E-state index contributed by atoms with van der Waals surface area (Å²) in [6, 6.07) is 0. The van der Waals surface area contributed by atoms with Crippen LogP contribution in [0.15, 0.2) is 0 Å². The number of aliphatic hydroxyl groups excluding tert-OH is 1. The minimum absolute atomic E-state index is 0.105. The van der Waals surface area contributed by atoms with Gasteiger partial charge < -0.3 is 33.8 Å². The Kier molecular flexibility index (Phi) is 61.8. The van der Waals surface area contributed by atoms with Gasteiger partial charge in [-0.25, -0.2) is 9.13 Å². The molecule has 2 unspecified atom stereocenters. The fraction of sp³-hybridized carbons (Fsp3) is 0.944. The van der Waals surface area contributed by atoms with Crippen LogP contribution in [0, 0.1) is 11.8 Å². The molecule has 3 N–H and O–H groups in total. The Balaban J connectivity index is 5.23. The Hall–Kier alpha value is -1.94. The predicted octanol–water partition coefficient (Wildman–Crippen LogP) is 20.4. The second kappa shape index (κ2) is 63.1. The molecule has 5 atom stereocenters. The van der Waals surface area contributed by atoms with E-state index < -0.39 is 97.5 Å². The van der Waals surface area contributed by atoms with Gasteiger partial charge in [-0.05, 0) is 37.5 Å². The summed E-state index contributed by atoms with van der Waals surface area (Å²) in [5, 5.41) is 10.6. The van der Waals surface area contributed by atoms with Crippen LogP contribution in [0.25, 0.3) is 0 Å². The Morgan fingerprint density at radius 2 is 0.511 bits per heavy atom. The van der Waals surface area contributed by atoms with Gasteiger partial charge >= 0.3 is 39.5 Å². The van der Waals surface area contributed by atoms with Crippen LogP contribution in [-0.2, 0) is 65.4 Å². The lowest BCUT2D eigenvalue weighted by molar-refractivity contribution is -0.161. The van der Waals surface area contributed by atoms with E-state index in [0.29, 0.717) is 25.7 Å². The van der Waals surface area contributed by atoms with E-state index in [2.05, 4.69) is 41.5 Å². The predicted molar refractivity (Wildman–Crippen MR) is 363 cm³/mol. The molecule has 0 saturated carbocycles. The fourth-order valence-electron chi connectivity index (χ4n) is 10.8. The number of esters is 4. The van der Waals surface area contributed by atoms with Gasteiger partial charge in [0, 0.05) is 25.7 Å². The summed E-state index contributed by atoms with van der Waals surface area (Å²) in [6.45, 7) is 9.52. The lowest BCUT2D eigenvalue weighted by Gasteiger charge is -2.21. The van der Waals surface area contributed by atoms with Crippen LogP contribution >= 0.6 is 15.6 Å². The Morgan fingerprint density at radius 3 is 0.756 bits per heavy atom. The number of hydrogen-bond donors (Lipinski definition) is 3. The summed E-state index contributed by atoms with van der Waals surface area (Å²) in [6.07, 6.45) is 48.5. The van der Waals surface area contributed by atoms with Crippen molar-refractivity contribution in [3.63, 3.8) is 0 Å². The number of rotatable bonds is 70. The molecule has 0 saturated heterocycles. The van der Waals surface area contributed by atoms with E-state index in [1.54, 1.807) is 0 Å². The Bertz CT molecular complexity index is 1750. The van der Waals surface area contributed by atoms with Gasteiger partial charge in [0.05, 0.1) is 26.4 Å². The third-order valence-corrected chi connectivity index (χ3v) is 18.4. The molecule has 0 heterocycles. The van der Waals surface area contributed by atoms with Gasteiger partial charge in [0.15, 0.2) is 12.2 Å². The van der Waals surface area contributed by atoms with Gasteiger partial charge in [-0.1, -0.05) is 311 Å². The van der Waals surface area contributed by atoms with Crippen molar-refractivity contribution in [2.75, 3.05) is 39.6 Å². The summed E-state index contributed by atoms with van der Waals surface area (Å²) in [7, 11) is -9.90. The molecule has 0 aliphatic rings. The van der Waals surface area contributed by atoms with Crippen molar-refractivity contribution in [1.82, 2.24) is 0 Å². The zero-order valence-electron chi connectivity index (χ0n) is 58.4. The maximum Gasteiger partial charge on any atom is 0.472 e. The summed E-state index contributed by atoms with van der Waals surface area (Å²) in [4.78, 5) is 72.5. The average Bonchev–Trinajstić information content (AvgIpc) is 3.10. The highest BCUT2D eigenvalue weighted by molar-refractivity contribution is 7.47. The molecule has 0 aromatic heterocycles. The highest BCUT2D eigenvalue weighted by Crippen LogP contribution is 2.45. The lowest BCUT2D eigenvalue weighted by atomic mass is 10.0. The van der Waals surface area contributed by atoms with Crippen LogP contribution in [0.5, 0.6) is 0 Å². The molecule has 0 bridgehead atoms. The van der Waals surface area contributed by atoms with Crippen LogP contribution in [-0.4, -0.2) is 96.7 Å². The van der Waals surface area contributed by atoms with E-state index in [0.717, 1.165) is 102 Å². The van der Waals surface area contributed by atoms with Crippen molar-refractivity contribution in [2.24, 2.45) is 11.8 Å². The van der Waals surface area contributed by atoms with E-state index in [9.17, 15) is 43.2 Å². The Morgan fingerprint density at radius 1 is 0.300 bits per heavy atom. The molecule has 0 rings (SSSR count). The topological polar surface area (TPSA) is 237 Å². The minimum atomic E-state index is -4.95. The molecule has 0 spiro atoms. The van der Waals surface area contributed by atoms with Crippen LogP contribution in [0.2, 0.25) is 0 Å². The largest absolute Gasteiger partial charge is 0.472 e. The summed E-state index contributed by atoms with van der Waals surface area (Å²) < 4.78 is 68.3. The molecule has 0 aliphatic carbocycles. The molecular weight excluding hydrogens is 1190 g/mol. The number of unbranched alkanes of at least 4 members (excludes halogenated alkanes) is 40. The van der Waals surface area contributed by atoms with Crippen molar-refractivity contribution in [3.05, 3.63) is 0 Å². The highest BCUT2D eigenvalue weighted by Gasteiger charge is 2.30. The molecule has 0 radical (unpaired) electrons. The average molecular weight is 1330 g/mol. The van der Waals surface area contributed by atoms with Crippen LogP contribution < -0.4 is 0 Å². The van der Waals surface area contributed by atoms with Crippen molar-refractivity contribution >= 4 is 39.5 Å². The molecule has 534 valence electrons. The molecule has 19 heteroatoms. The number of phosphoric acid groups is 2. The third kappa shape index (κ3) is 64.8. The maximum atomic E-state index is 13.0. The van der Waals surface area contributed by atoms with Gasteiger partial charge in [0.25, 0.3) is 0 Å². The van der Waals surface area contributed by atoms with Gasteiger partial charge in [-0.3, -0.25) is 37.3 Å². The SMILES string of the molecule is CCCCCCCCCCCCCCCCC(=O)OC[C@H](COP(=O)(O)OC[C@@H](O)COP(=O)(O)OC[C@@H](COC(=O)CCCCCCCCCCC)OC(=O)CCCCCCCCCCC(C)C)OC(=O)CCCCCCCCCCCCCCCC(C)C. The molecule has 0 amide bonds.